The van der Waals surface area contributed by atoms with Crippen LogP contribution in [0.4, 0.5) is 10.2 Å². The van der Waals surface area contributed by atoms with E-state index in [1.807, 2.05) is 13.0 Å². The molecule has 0 aliphatic rings. The van der Waals surface area contributed by atoms with Gasteiger partial charge in [0.25, 0.3) is 0 Å². The highest BCUT2D eigenvalue weighted by Gasteiger charge is 2.22. The van der Waals surface area contributed by atoms with Gasteiger partial charge in [-0.1, -0.05) is 23.2 Å². The summed E-state index contributed by atoms with van der Waals surface area (Å²) in [5.41, 5.74) is 2.88. The first-order valence-corrected chi connectivity index (χ1v) is 11.4. The highest BCUT2D eigenvalue weighted by molar-refractivity contribution is 6.33. The van der Waals surface area contributed by atoms with Gasteiger partial charge in [0.2, 0.25) is 5.95 Å². The van der Waals surface area contributed by atoms with E-state index in [2.05, 4.69) is 25.3 Å². The zero-order chi connectivity index (χ0) is 24.7. The van der Waals surface area contributed by atoms with E-state index in [-0.39, 0.29) is 10.7 Å². The second-order valence-corrected chi connectivity index (χ2v) is 8.40. The van der Waals surface area contributed by atoms with E-state index in [1.165, 1.54) is 14.2 Å². The molecule has 1 aromatic carbocycles. The first kappa shape index (κ1) is 23.1. The van der Waals surface area contributed by atoms with Crippen LogP contribution in [0.2, 0.25) is 10.2 Å². The average Bonchev–Trinajstić information content (AvgIpc) is 3.43. The highest BCUT2D eigenvalue weighted by Crippen LogP contribution is 2.39. The van der Waals surface area contributed by atoms with E-state index in [1.54, 1.807) is 28.8 Å². The molecule has 0 atom stereocenters. The van der Waals surface area contributed by atoms with E-state index in [4.69, 9.17) is 37.7 Å². The molecule has 0 fully saturated rings. The van der Waals surface area contributed by atoms with Crippen LogP contribution in [-0.2, 0) is 6.42 Å². The minimum absolute atomic E-state index is 0.143. The predicted octanol–water partition coefficient (Wildman–Crippen LogP) is 5.15. The van der Waals surface area contributed by atoms with Crippen molar-refractivity contribution in [1.82, 2.24) is 29.3 Å². The molecule has 0 saturated carbocycles. The monoisotopic (exact) mass is 515 g/mol. The maximum atomic E-state index is 15.4. The van der Waals surface area contributed by atoms with Crippen LogP contribution in [0.15, 0.2) is 30.5 Å². The largest absolute Gasteiger partial charge is 0.493 e. The molecule has 5 aromatic rings. The summed E-state index contributed by atoms with van der Waals surface area (Å²) in [6.45, 7) is 2.43. The topological polar surface area (TPSA) is 102 Å². The van der Waals surface area contributed by atoms with Gasteiger partial charge in [-0.25, -0.2) is 15.0 Å². The van der Waals surface area contributed by atoms with Crippen molar-refractivity contribution in [2.45, 2.75) is 13.3 Å². The van der Waals surface area contributed by atoms with Gasteiger partial charge in [0.05, 0.1) is 30.5 Å². The van der Waals surface area contributed by atoms with Crippen molar-refractivity contribution in [2.24, 2.45) is 0 Å². The number of H-pyrrole nitrogens is 1. The fourth-order valence-corrected chi connectivity index (χ4v) is 4.28. The molecule has 0 unspecified atom stereocenters. The molecule has 0 aliphatic heterocycles. The molecule has 0 radical (unpaired) electrons. The Morgan fingerprint density at radius 2 is 1.83 bits per heavy atom. The standard InChI is InChI=1S/C23H20Cl2FN7O2/c1-4-27-22-23-28-11(7-18-29-14-5-6-17(25)30-21(14)31-18)10-33(23)19(20(26)32-22)12-8-15(34-2)16(35-3)9-13(12)24/h5-6,8-10H,4,7H2,1-3H3,(H,27,32)(H,29,30,31). The van der Waals surface area contributed by atoms with Crippen molar-refractivity contribution in [3.05, 3.63) is 58.1 Å². The van der Waals surface area contributed by atoms with Crippen molar-refractivity contribution in [2.75, 3.05) is 26.1 Å². The van der Waals surface area contributed by atoms with Crippen LogP contribution in [0.25, 0.3) is 28.1 Å². The zero-order valence-electron chi connectivity index (χ0n) is 19.0. The van der Waals surface area contributed by atoms with Crippen molar-refractivity contribution < 1.29 is 13.9 Å². The van der Waals surface area contributed by atoms with Gasteiger partial charge < -0.3 is 19.8 Å². The number of aromatic amines is 1. The minimum Gasteiger partial charge on any atom is -0.493 e. The minimum atomic E-state index is -0.714. The number of ether oxygens (including phenoxy) is 2. The van der Waals surface area contributed by atoms with Gasteiger partial charge in [0, 0.05) is 30.8 Å². The number of hydrogen-bond acceptors (Lipinski definition) is 7. The molecule has 5 rings (SSSR count). The van der Waals surface area contributed by atoms with E-state index < -0.39 is 5.95 Å². The Kier molecular flexibility index (Phi) is 6.08. The third kappa shape index (κ3) is 4.19. The number of benzene rings is 1. The van der Waals surface area contributed by atoms with Gasteiger partial charge in [0.15, 0.2) is 28.6 Å². The molecule has 0 spiro atoms. The lowest BCUT2D eigenvalue weighted by atomic mass is 10.1. The van der Waals surface area contributed by atoms with Crippen LogP contribution < -0.4 is 14.8 Å². The van der Waals surface area contributed by atoms with Gasteiger partial charge in [-0.05, 0) is 25.1 Å². The number of hydrogen-bond donors (Lipinski definition) is 2. The zero-order valence-corrected chi connectivity index (χ0v) is 20.5. The normalized spacial score (nSPS) is 11.4. The lowest BCUT2D eigenvalue weighted by Gasteiger charge is -2.14. The summed E-state index contributed by atoms with van der Waals surface area (Å²) in [6.07, 6.45) is 2.08. The predicted molar refractivity (Wildman–Crippen MR) is 132 cm³/mol. The SMILES string of the molecule is CCNc1nc(F)c(-c2cc(OC)c(OC)cc2Cl)n2cc(Cc3nc4nc(Cl)ccc4[nH]3)nc12. The van der Waals surface area contributed by atoms with Gasteiger partial charge >= 0.3 is 0 Å². The number of halogens is 3. The van der Waals surface area contributed by atoms with E-state index in [0.29, 0.717) is 63.8 Å². The summed E-state index contributed by atoms with van der Waals surface area (Å²) in [5, 5.41) is 3.70. The Morgan fingerprint density at radius 1 is 1.06 bits per heavy atom. The fraction of sp³-hybridized carbons (Fsp3) is 0.217. The molecular formula is C23H20Cl2FN7O2. The maximum absolute atomic E-state index is 15.4. The van der Waals surface area contributed by atoms with Gasteiger partial charge in [0.1, 0.15) is 16.7 Å². The van der Waals surface area contributed by atoms with E-state index >= 15 is 4.39 Å². The molecule has 4 heterocycles. The van der Waals surface area contributed by atoms with Crippen molar-refractivity contribution in [3.8, 4) is 22.8 Å². The van der Waals surface area contributed by atoms with E-state index in [9.17, 15) is 0 Å². The van der Waals surface area contributed by atoms with Crippen LogP contribution in [-0.4, -0.2) is 50.1 Å². The van der Waals surface area contributed by atoms with Gasteiger partial charge in [-0.3, -0.25) is 4.40 Å². The Balaban J connectivity index is 1.66. The van der Waals surface area contributed by atoms with Gasteiger partial charge in [-0.2, -0.15) is 9.37 Å². The number of methoxy groups -OCH3 is 2. The van der Waals surface area contributed by atoms with E-state index in [0.717, 1.165) is 5.52 Å². The Hall–Kier alpha value is -3.63. The third-order valence-electron chi connectivity index (χ3n) is 5.40. The van der Waals surface area contributed by atoms with Crippen LogP contribution >= 0.6 is 23.2 Å². The molecule has 0 saturated heterocycles. The summed E-state index contributed by atoms with van der Waals surface area (Å²) in [6, 6.07) is 6.68. The summed E-state index contributed by atoms with van der Waals surface area (Å²) >= 11 is 12.5. The molecule has 0 bridgehead atoms. The molecule has 4 aromatic heterocycles. The molecule has 0 amide bonds. The van der Waals surface area contributed by atoms with Crippen LogP contribution in [0.5, 0.6) is 11.5 Å². The highest BCUT2D eigenvalue weighted by atomic mass is 35.5. The average molecular weight is 516 g/mol. The van der Waals surface area contributed by atoms with Crippen molar-refractivity contribution in [1.29, 1.82) is 0 Å². The Labute approximate surface area is 209 Å². The number of aromatic nitrogens is 6. The van der Waals surface area contributed by atoms with Crippen LogP contribution in [0, 0.1) is 5.95 Å². The molecule has 180 valence electrons. The molecule has 0 aliphatic carbocycles. The number of fused-ring (bicyclic) bond motifs is 2. The first-order valence-electron chi connectivity index (χ1n) is 10.7. The van der Waals surface area contributed by atoms with Crippen molar-refractivity contribution in [3.63, 3.8) is 0 Å². The molecule has 12 heteroatoms. The summed E-state index contributed by atoms with van der Waals surface area (Å²) in [4.78, 5) is 20.8. The molecular weight excluding hydrogens is 496 g/mol. The second kappa shape index (κ2) is 9.20. The number of imidazole rings is 2. The van der Waals surface area contributed by atoms with Crippen LogP contribution in [0.3, 0.4) is 0 Å². The lowest BCUT2D eigenvalue weighted by molar-refractivity contribution is 0.355. The fourth-order valence-electron chi connectivity index (χ4n) is 3.89. The van der Waals surface area contributed by atoms with Gasteiger partial charge in [-0.15, -0.1) is 0 Å². The number of rotatable bonds is 7. The number of anilines is 1. The summed E-state index contributed by atoms with van der Waals surface area (Å²) in [5.74, 6) is 1.08. The molecule has 2 N–H and O–H groups in total. The Bertz CT molecular complexity index is 1570. The first-order chi connectivity index (χ1) is 16.9. The Morgan fingerprint density at radius 3 is 2.57 bits per heavy atom. The lowest BCUT2D eigenvalue weighted by Crippen LogP contribution is -2.07. The molecule has 35 heavy (non-hydrogen) atoms. The third-order valence-corrected chi connectivity index (χ3v) is 5.92. The summed E-state index contributed by atoms with van der Waals surface area (Å²) < 4.78 is 27.8. The number of nitrogens with one attached hydrogen (secondary N) is 2. The summed E-state index contributed by atoms with van der Waals surface area (Å²) in [7, 11) is 3.00. The second-order valence-electron chi connectivity index (χ2n) is 7.61. The van der Waals surface area contributed by atoms with Crippen molar-refractivity contribution >= 4 is 45.8 Å². The van der Waals surface area contributed by atoms with Crippen LogP contribution in [0.1, 0.15) is 18.4 Å². The molecule has 9 nitrogen and oxygen atoms in total. The quantitative estimate of drug-likeness (QED) is 0.289. The number of pyridine rings is 1. The maximum Gasteiger partial charge on any atom is 0.239 e. The number of nitrogens with zero attached hydrogens (tertiary/aromatic N) is 5. The smallest absolute Gasteiger partial charge is 0.239 e.